The van der Waals surface area contributed by atoms with Crippen LogP contribution in [0.25, 0.3) is 0 Å². The van der Waals surface area contributed by atoms with E-state index in [0.29, 0.717) is 25.0 Å². The third kappa shape index (κ3) is 8.11. The molecule has 0 bridgehead atoms. The molecule has 0 aromatic heterocycles. The van der Waals surface area contributed by atoms with Gasteiger partial charge in [0.1, 0.15) is 0 Å². The van der Waals surface area contributed by atoms with Gasteiger partial charge < -0.3 is 14.2 Å². The highest BCUT2D eigenvalue weighted by Crippen LogP contribution is 2.41. The van der Waals surface area contributed by atoms with Crippen LogP contribution in [-0.4, -0.2) is 38.2 Å². The van der Waals surface area contributed by atoms with E-state index < -0.39 is 0 Å². The molecule has 6 nitrogen and oxygen atoms in total. The van der Waals surface area contributed by atoms with Crippen molar-refractivity contribution in [2.24, 2.45) is 23.7 Å². The van der Waals surface area contributed by atoms with Crippen LogP contribution in [0.4, 0.5) is 0 Å². The molecule has 2 aliphatic rings. The number of hydrogen-bond donors (Lipinski definition) is 0. The lowest BCUT2D eigenvalue weighted by molar-refractivity contribution is -0.151. The first kappa shape index (κ1) is 24.4. The largest absolute Gasteiger partial charge is 0.469 e. The van der Waals surface area contributed by atoms with Gasteiger partial charge in [0.25, 0.3) is 0 Å². The summed E-state index contributed by atoms with van der Waals surface area (Å²) in [7, 11) is 1.47. The molecule has 2 fully saturated rings. The van der Waals surface area contributed by atoms with E-state index in [0.717, 1.165) is 77.0 Å². The van der Waals surface area contributed by atoms with Gasteiger partial charge in [-0.05, 0) is 88.9 Å². The van der Waals surface area contributed by atoms with E-state index in [4.69, 9.17) is 14.2 Å². The Labute approximate surface area is 180 Å². The Bertz CT molecular complexity index is 556. The SMILES string of the molecule is C=CC(=O)OCCCCCCOC(=O)C1CCC(C2CCC(C(=O)OC)CC2)CC1. The van der Waals surface area contributed by atoms with Crippen LogP contribution >= 0.6 is 0 Å². The van der Waals surface area contributed by atoms with Crippen molar-refractivity contribution in [2.45, 2.75) is 77.0 Å². The van der Waals surface area contributed by atoms with Crippen LogP contribution in [0.2, 0.25) is 0 Å². The lowest BCUT2D eigenvalue weighted by atomic mass is 9.69. The highest BCUT2D eigenvalue weighted by molar-refractivity contribution is 5.81. The normalized spacial score (nSPS) is 26.4. The molecule has 0 saturated heterocycles. The number of hydrogen-bond acceptors (Lipinski definition) is 6. The molecule has 0 N–H and O–H groups in total. The molecule has 0 amide bonds. The standard InChI is InChI=1S/C24H38O6/c1-3-22(25)29-16-6-4-5-7-17-30-24(27)21-14-10-19(11-15-21)18-8-12-20(13-9-18)23(26)28-2/h3,18-21H,1,4-17H2,2H3. The molecule has 0 atom stereocenters. The monoisotopic (exact) mass is 422 g/mol. The van der Waals surface area contributed by atoms with Gasteiger partial charge in [-0.1, -0.05) is 6.58 Å². The molecule has 0 spiro atoms. The molecular weight excluding hydrogens is 384 g/mol. The first-order valence-electron chi connectivity index (χ1n) is 11.6. The number of methoxy groups -OCH3 is 1. The number of carbonyl (C=O) groups is 3. The third-order valence-electron chi connectivity index (χ3n) is 6.77. The van der Waals surface area contributed by atoms with Crippen LogP contribution in [-0.2, 0) is 28.6 Å². The summed E-state index contributed by atoms with van der Waals surface area (Å²) in [4.78, 5) is 34.9. The van der Waals surface area contributed by atoms with Crippen LogP contribution in [0.15, 0.2) is 12.7 Å². The van der Waals surface area contributed by atoms with Gasteiger partial charge >= 0.3 is 17.9 Å². The Morgan fingerprint density at radius 2 is 1.20 bits per heavy atom. The molecule has 0 aromatic carbocycles. The smallest absolute Gasteiger partial charge is 0.330 e. The van der Waals surface area contributed by atoms with Crippen molar-refractivity contribution in [2.75, 3.05) is 20.3 Å². The molecule has 2 aliphatic carbocycles. The van der Waals surface area contributed by atoms with Crippen LogP contribution in [0.1, 0.15) is 77.0 Å². The summed E-state index contributed by atoms with van der Waals surface area (Å²) >= 11 is 0. The molecule has 170 valence electrons. The van der Waals surface area contributed by atoms with Crippen LogP contribution in [0.5, 0.6) is 0 Å². The maximum absolute atomic E-state index is 12.3. The predicted octanol–water partition coefficient (Wildman–Crippen LogP) is 4.61. The molecule has 2 rings (SSSR count). The van der Waals surface area contributed by atoms with E-state index in [1.807, 2.05) is 0 Å². The third-order valence-corrected chi connectivity index (χ3v) is 6.77. The summed E-state index contributed by atoms with van der Waals surface area (Å²) in [5.74, 6) is 1.02. The predicted molar refractivity (Wildman–Crippen MR) is 113 cm³/mol. The Morgan fingerprint density at radius 1 is 0.733 bits per heavy atom. The topological polar surface area (TPSA) is 78.9 Å². The summed E-state index contributed by atoms with van der Waals surface area (Å²) in [6.07, 6.45) is 12.9. The van der Waals surface area contributed by atoms with Crippen LogP contribution in [0.3, 0.4) is 0 Å². The molecule has 0 heterocycles. The van der Waals surface area contributed by atoms with E-state index >= 15 is 0 Å². The minimum atomic E-state index is -0.382. The van der Waals surface area contributed by atoms with E-state index in [-0.39, 0.29) is 29.7 Å². The number of unbranched alkanes of at least 4 members (excludes halogenated alkanes) is 3. The minimum absolute atomic E-state index is 0.0391. The van der Waals surface area contributed by atoms with Crippen molar-refractivity contribution in [3.05, 3.63) is 12.7 Å². The lowest BCUT2D eigenvalue weighted by Gasteiger charge is -2.36. The van der Waals surface area contributed by atoms with Crippen molar-refractivity contribution in [1.29, 1.82) is 0 Å². The van der Waals surface area contributed by atoms with Crippen molar-refractivity contribution in [1.82, 2.24) is 0 Å². The second-order valence-corrected chi connectivity index (χ2v) is 8.70. The zero-order valence-corrected chi connectivity index (χ0v) is 18.4. The number of esters is 3. The van der Waals surface area contributed by atoms with Crippen molar-refractivity contribution >= 4 is 17.9 Å². The Balaban J connectivity index is 1.52. The zero-order valence-electron chi connectivity index (χ0n) is 18.4. The van der Waals surface area contributed by atoms with Gasteiger partial charge in [-0.15, -0.1) is 0 Å². The Morgan fingerprint density at radius 3 is 1.67 bits per heavy atom. The second-order valence-electron chi connectivity index (χ2n) is 8.70. The maximum atomic E-state index is 12.3. The van der Waals surface area contributed by atoms with E-state index in [1.165, 1.54) is 13.2 Å². The van der Waals surface area contributed by atoms with Crippen molar-refractivity contribution in [3.8, 4) is 0 Å². The number of rotatable bonds is 11. The molecule has 0 unspecified atom stereocenters. The number of carbonyl (C=O) groups excluding carboxylic acids is 3. The highest BCUT2D eigenvalue weighted by atomic mass is 16.5. The molecule has 0 aromatic rings. The first-order valence-corrected chi connectivity index (χ1v) is 11.6. The van der Waals surface area contributed by atoms with E-state index in [1.54, 1.807) is 0 Å². The Kier molecular flexibility index (Phi) is 11.0. The zero-order chi connectivity index (χ0) is 21.8. The maximum Gasteiger partial charge on any atom is 0.330 e. The summed E-state index contributed by atoms with van der Waals surface area (Å²) in [5, 5.41) is 0. The summed E-state index contributed by atoms with van der Waals surface area (Å²) in [6, 6.07) is 0. The first-order chi connectivity index (χ1) is 14.5. The average molecular weight is 423 g/mol. The quantitative estimate of drug-likeness (QED) is 0.209. The summed E-state index contributed by atoms with van der Waals surface area (Å²) in [5.41, 5.74) is 0. The van der Waals surface area contributed by atoms with Crippen molar-refractivity contribution < 1.29 is 28.6 Å². The molecular formula is C24H38O6. The molecule has 30 heavy (non-hydrogen) atoms. The van der Waals surface area contributed by atoms with Crippen LogP contribution < -0.4 is 0 Å². The van der Waals surface area contributed by atoms with Gasteiger partial charge in [-0.25, -0.2) is 4.79 Å². The fourth-order valence-corrected chi connectivity index (χ4v) is 4.90. The molecule has 0 radical (unpaired) electrons. The van der Waals surface area contributed by atoms with Crippen LogP contribution in [0, 0.1) is 23.7 Å². The second kappa shape index (κ2) is 13.5. The van der Waals surface area contributed by atoms with Gasteiger partial charge in [0.15, 0.2) is 0 Å². The Hall–Kier alpha value is -1.85. The molecule has 6 heteroatoms. The lowest BCUT2D eigenvalue weighted by Crippen LogP contribution is -2.30. The highest BCUT2D eigenvalue weighted by Gasteiger charge is 2.35. The van der Waals surface area contributed by atoms with Gasteiger partial charge in [-0.3, -0.25) is 9.59 Å². The van der Waals surface area contributed by atoms with Gasteiger partial charge in [0, 0.05) is 6.08 Å². The average Bonchev–Trinajstić information content (AvgIpc) is 2.80. The number of ether oxygens (including phenoxy) is 3. The van der Waals surface area contributed by atoms with Crippen molar-refractivity contribution in [3.63, 3.8) is 0 Å². The van der Waals surface area contributed by atoms with Gasteiger partial charge in [-0.2, -0.15) is 0 Å². The molecule has 2 saturated carbocycles. The van der Waals surface area contributed by atoms with Gasteiger partial charge in [0.2, 0.25) is 0 Å². The summed E-state index contributed by atoms with van der Waals surface area (Å²) < 4.78 is 15.3. The van der Waals surface area contributed by atoms with E-state index in [9.17, 15) is 14.4 Å². The fourth-order valence-electron chi connectivity index (χ4n) is 4.90. The minimum Gasteiger partial charge on any atom is -0.469 e. The molecule has 0 aliphatic heterocycles. The fraction of sp³-hybridized carbons (Fsp3) is 0.792. The summed E-state index contributed by atoms with van der Waals surface area (Å²) in [6.45, 7) is 4.25. The van der Waals surface area contributed by atoms with E-state index in [2.05, 4.69) is 6.58 Å². The van der Waals surface area contributed by atoms with Gasteiger partial charge in [0.05, 0.1) is 32.2 Å².